The number of pyridine rings is 1. The summed E-state index contributed by atoms with van der Waals surface area (Å²) in [6, 6.07) is 8.06. The molecule has 1 aliphatic heterocycles. The summed E-state index contributed by atoms with van der Waals surface area (Å²) in [5, 5.41) is 2.51. The van der Waals surface area contributed by atoms with Gasteiger partial charge in [0, 0.05) is 19.2 Å². The van der Waals surface area contributed by atoms with Gasteiger partial charge in [0.15, 0.2) is 12.3 Å². The summed E-state index contributed by atoms with van der Waals surface area (Å²) >= 11 is 5.91. The Morgan fingerprint density at radius 3 is 2.69 bits per heavy atom. The fourth-order valence-electron chi connectivity index (χ4n) is 2.83. The quantitative estimate of drug-likeness (QED) is 0.689. The fraction of sp³-hybridized carbons (Fsp3) is 0.211. The lowest BCUT2D eigenvalue weighted by atomic mass is 10.2. The summed E-state index contributed by atoms with van der Waals surface area (Å²) in [6.07, 6.45) is 2.30. The average Bonchev–Trinajstić information content (AvgIpc) is 3.12. The van der Waals surface area contributed by atoms with Gasteiger partial charge in [-0.05, 0) is 24.6 Å². The molecule has 0 spiro atoms. The number of esters is 1. The lowest BCUT2D eigenvalue weighted by Crippen LogP contribution is -2.27. The Hall–Kier alpha value is -3.46. The molecular formula is C19H17ClN4O5. The molecular weight excluding hydrogens is 400 g/mol. The zero-order valence-electron chi connectivity index (χ0n) is 15.2. The van der Waals surface area contributed by atoms with Gasteiger partial charge < -0.3 is 20.7 Å². The third-order valence-electron chi connectivity index (χ3n) is 4.20. The number of halogens is 1. The van der Waals surface area contributed by atoms with E-state index in [-0.39, 0.29) is 22.2 Å². The molecule has 1 saturated heterocycles. The number of benzene rings is 1. The van der Waals surface area contributed by atoms with E-state index in [4.69, 9.17) is 22.1 Å². The topological polar surface area (TPSA) is 132 Å². The van der Waals surface area contributed by atoms with Crippen molar-refractivity contribution in [3.05, 3.63) is 52.8 Å². The highest BCUT2D eigenvalue weighted by atomic mass is 35.5. The Labute approximate surface area is 170 Å². The number of hydrogen-bond acceptors (Lipinski definition) is 6. The van der Waals surface area contributed by atoms with Gasteiger partial charge in [-0.25, -0.2) is 9.78 Å². The third-order valence-corrected chi connectivity index (χ3v) is 4.48. The third kappa shape index (κ3) is 4.69. The smallest absolute Gasteiger partial charge is 0.358 e. The highest BCUT2D eigenvalue weighted by molar-refractivity contribution is 6.33. The number of rotatable bonds is 6. The molecule has 9 nitrogen and oxygen atoms in total. The van der Waals surface area contributed by atoms with E-state index < -0.39 is 24.4 Å². The normalized spacial score (nSPS) is 13.3. The second-order valence-electron chi connectivity index (χ2n) is 6.21. The minimum atomic E-state index is -0.927. The molecule has 2 aromatic rings. The highest BCUT2D eigenvalue weighted by Crippen LogP contribution is 2.29. The van der Waals surface area contributed by atoms with Gasteiger partial charge >= 0.3 is 5.97 Å². The first-order chi connectivity index (χ1) is 13.9. The van der Waals surface area contributed by atoms with Crippen LogP contribution in [0.25, 0.3) is 0 Å². The molecule has 1 fully saturated rings. The first-order valence-corrected chi connectivity index (χ1v) is 9.06. The summed E-state index contributed by atoms with van der Waals surface area (Å²) < 4.78 is 4.94. The molecule has 0 atom stereocenters. The molecule has 0 bridgehead atoms. The number of anilines is 2. The fourth-order valence-corrected chi connectivity index (χ4v) is 3.07. The monoisotopic (exact) mass is 416 g/mol. The van der Waals surface area contributed by atoms with E-state index in [9.17, 15) is 19.2 Å². The van der Waals surface area contributed by atoms with Crippen molar-refractivity contribution in [2.24, 2.45) is 5.73 Å². The lowest BCUT2D eigenvalue weighted by Gasteiger charge is -2.19. The van der Waals surface area contributed by atoms with Crippen LogP contribution in [0.1, 0.15) is 33.7 Å². The van der Waals surface area contributed by atoms with Gasteiger partial charge in [-0.2, -0.15) is 0 Å². The van der Waals surface area contributed by atoms with Crippen molar-refractivity contribution in [2.75, 3.05) is 23.4 Å². The number of primary amides is 1. The molecule has 0 radical (unpaired) electrons. The predicted octanol–water partition coefficient (Wildman–Crippen LogP) is 1.76. The molecule has 1 aliphatic rings. The van der Waals surface area contributed by atoms with E-state index in [0.29, 0.717) is 24.3 Å². The van der Waals surface area contributed by atoms with E-state index in [1.807, 2.05) is 0 Å². The summed E-state index contributed by atoms with van der Waals surface area (Å²) in [4.78, 5) is 52.8. The molecule has 3 N–H and O–H groups in total. The molecule has 3 rings (SSSR count). The zero-order valence-corrected chi connectivity index (χ0v) is 15.9. The molecule has 0 aliphatic carbocycles. The number of nitrogens with one attached hydrogen (secondary N) is 1. The van der Waals surface area contributed by atoms with Gasteiger partial charge in [-0.1, -0.05) is 23.7 Å². The number of carbonyl (C=O) groups is 4. The van der Waals surface area contributed by atoms with E-state index in [0.717, 1.165) is 12.6 Å². The molecule has 0 unspecified atom stereocenters. The van der Waals surface area contributed by atoms with Crippen LogP contribution < -0.4 is 16.0 Å². The van der Waals surface area contributed by atoms with Crippen LogP contribution in [0.15, 0.2) is 36.5 Å². The summed E-state index contributed by atoms with van der Waals surface area (Å²) in [5.74, 6) is -2.28. The minimum Gasteiger partial charge on any atom is -0.451 e. The average molecular weight is 417 g/mol. The maximum absolute atomic E-state index is 12.2. The zero-order chi connectivity index (χ0) is 21.0. The maximum atomic E-state index is 12.2. The molecule has 1 aromatic heterocycles. The van der Waals surface area contributed by atoms with Gasteiger partial charge in [-0.3, -0.25) is 14.4 Å². The van der Waals surface area contributed by atoms with E-state index in [2.05, 4.69) is 10.3 Å². The van der Waals surface area contributed by atoms with Gasteiger partial charge in [0.25, 0.3) is 5.91 Å². The lowest BCUT2D eigenvalue weighted by molar-refractivity contribution is -0.119. The molecule has 150 valence electrons. The number of carbonyl (C=O) groups excluding carboxylic acids is 4. The van der Waals surface area contributed by atoms with E-state index in [1.54, 1.807) is 29.2 Å². The van der Waals surface area contributed by atoms with E-state index in [1.165, 1.54) is 6.07 Å². The van der Waals surface area contributed by atoms with Crippen molar-refractivity contribution in [2.45, 2.75) is 12.8 Å². The van der Waals surface area contributed by atoms with Crippen LogP contribution in [-0.4, -0.2) is 41.8 Å². The van der Waals surface area contributed by atoms with Crippen molar-refractivity contribution in [1.29, 1.82) is 0 Å². The summed E-state index contributed by atoms with van der Waals surface area (Å²) in [5.41, 5.74) is 5.93. The van der Waals surface area contributed by atoms with Gasteiger partial charge in [0.05, 0.1) is 22.0 Å². The minimum absolute atomic E-state index is 0.0155. The SMILES string of the molecule is NC(=O)c1cnc(C(=O)OCC(=O)Nc2ccccc2N2CCCC2=O)c(Cl)c1. The number of amides is 3. The number of nitrogens with zero attached hydrogens (tertiary/aromatic N) is 2. The Morgan fingerprint density at radius 2 is 2.03 bits per heavy atom. The van der Waals surface area contributed by atoms with Crippen molar-refractivity contribution >= 4 is 46.7 Å². The number of para-hydroxylation sites is 2. The van der Waals surface area contributed by atoms with E-state index >= 15 is 0 Å². The van der Waals surface area contributed by atoms with Crippen LogP contribution in [0.2, 0.25) is 5.02 Å². The number of ether oxygens (including phenoxy) is 1. The van der Waals surface area contributed by atoms with Crippen LogP contribution in [0.5, 0.6) is 0 Å². The molecule has 3 amide bonds. The van der Waals surface area contributed by atoms with Crippen LogP contribution in [0.3, 0.4) is 0 Å². The number of nitrogens with two attached hydrogens (primary N) is 1. The van der Waals surface area contributed by atoms with Gasteiger partial charge in [0.2, 0.25) is 11.8 Å². The Bertz CT molecular complexity index is 994. The van der Waals surface area contributed by atoms with Crippen molar-refractivity contribution < 1.29 is 23.9 Å². The highest BCUT2D eigenvalue weighted by Gasteiger charge is 2.24. The molecule has 2 heterocycles. The van der Waals surface area contributed by atoms with Crippen LogP contribution >= 0.6 is 11.6 Å². The van der Waals surface area contributed by atoms with Crippen molar-refractivity contribution in [1.82, 2.24) is 4.98 Å². The Kier molecular flexibility index (Phi) is 6.08. The molecule has 10 heteroatoms. The van der Waals surface area contributed by atoms with Gasteiger partial charge in [0.1, 0.15) is 0 Å². The largest absolute Gasteiger partial charge is 0.451 e. The number of aromatic nitrogens is 1. The summed E-state index contributed by atoms with van der Waals surface area (Å²) in [7, 11) is 0. The Morgan fingerprint density at radius 1 is 1.28 bits per heavy atom. The molecule has 0 saturated carbocycles. The molecule has 29 heavy (non-hydrogen) atoms. The number of hydrogen-bond donors (Lipinski definition) is 2. The summed E-state index contributed by atoms with van der Waals surface area (Å²) in [6.45, 7) is -0.0110. The predicted molar refractivity (Wildman–Crippen MR) is 105 cm³/mol. The van der Waals surface area contributed by atoms with Crippen molar-refractivity contribution in [3.8, 4) is 0 Å². The Balaban J connectivity index is 1.63. The second kappa shape index (κ2) is 8.70. The first-order valence-electron chi connectivity index (χ1n) is 8.68. The molecule has 1 aromatic carbocycles. The standard InChI is InChI=1S/C19H17ClN4O5/c20-12-8-11(18(21)27)9-22-17(12)19(28)29-10-15(25)23-13-4-1-2-5-14(13)24-7-3-6-16(24)26/h1-2,4-5,8-9H,3,6-7,10H2,(H2,21,27)(H,23,25). The van der Waals surface area contributed by atoms with Crippen LogP contribution in [-0.2, 0) is 14.3 Å². The van der Waals surface area contributed by atoms with Crippen LogP contribution in [0.4, 0.5) is 11.4 Å². The van der Waals surface area contributed by atoms with Gasteiger partial charge in [-0.15, -0.1) is 0 Å². The van der Waals surface area contributed by atoms with Crippen LogP contribution in [0, 0.1) is 0 Å². The first kappa shape index (κ1) is 20.3. The second-order valence-corrected chi connectivity index (χ2v) is 6.62. The van der Waals surface area contributed by atoms with Crippen molar-refractivity contribution in [3.63, 3.8) is 0 Å². The maximum Gasteiger partial charge on any atom is 0.358 e.